The van der Waals surface area contributed by atoms with E-state index in [1.165, 1.54) is 43.5 Å². The molecule has 0 unspecified atom stereocenters. The average molecular weight is 440 g/mol. The Morgan fingerprint density at radius 1 is 0.903 bits per heavy atom. The summed E-state index contributed by atoms with van der Waals surface area (Å²) in [5, 5.41) is 2.79. The summed E-state index contributed by atoms with van der Waals surface area (Å²) in [6, 6.07) is 17.4. The Bertz CT molecular complexity index is 1210. The van der Waals surface area contributed by atoms with Crippen LogP contribution in [0.5, 0.6) is 17.2 Å². The van der Waals surface area contributed by atoms with Crippen LogP contribution in [0.3, 0.4) is 0 Å². The van der Waals surface area contributed by atoms with Crippen molar-refractivity contribution in [2.75, 3.05) is 30.4 Å². The summed E-state index contributed by atoms with van der Waals surface area (Å²) in [6.45, 7) is 0.949. The first-order chi connectivity index (χ1) is 14.9. The zero-order valence-electron chi connectivity index (χ0n) is 16.6. The number of amides is 1. The highest BCUT2D eigenvalue weighted by Gasteiger charge is 2.16. The number of anilines is 2. The van der Waals surface area contributed by atoms with Gasteiger partial charge in [0.15, 0.2) is 11.5 Å². The molecule has 1 heterocycles. The van der Waals surface area contributed by atoms with E-state index in [2.05, 4.69) is 10.0 Å². The van der Waals surface area contributed by atoms with Gasteiger partial charge in [0.25, 0.3) is 15.9 Å². The maximum atomic E-state index is 12.6. The Labute approximate surface area is 179 Å². The number of rotatable bonds is 6. The first-order valence-electron chi connectivity index (χ1n) is 9.42. The highest BCUT2D eigenvalue weighted by Crippen LogP contribution is 2.32. The molecule has 9 heteroatoms. The van der Waals surface area contributed by atoms with Crippen LogP contribution in [0, 0.1) is 0 Å². The number of fused-ring (bicyclic) bond motifs is 1. The maximum Gasteiger partial charge on any atom is 0.262 e. The van der Waals surface area contributed by atoms with Gasteiger partial charge in [0.1, 0.15) is 19.0 Å². The fourth-order valence-electron chi connectivity index (χ4n) is 3.00. The minimum atomic E-state index is -3.79. The second kappa shape index (κ2) is 8.57. The van der Waals surface area contributed by atoms with E-state index in [0.29, 0.717) is 47.4 Å². The standard InChI is InChI=1S/C22H20N2O6S/c1-28-18-3-2-4-19(14-18)31(26,27)24-16-7-5-15(6-8-16)22(25)23-17-9-10-20-21(13-17)30-12-11-29-20/h2-10,13-14,24H,11-12H2,1H3,(H,23,25). The molecule has 0 atom stereocenters. The lowest BCUT2D eigenvalue weighted by atomic mass is 10.2. The van der Waals surface area contributed by atoms with Gasteiger partial charge in [-0.3, -0.25) is 9.52 Å². The van der Waals surface area contributed by atoms with Gasteiger partial charge in [0, 0.05) is 29.1 Å². The Hall–Kier alpha value is -3.72. The van der Waals surface area contributed by atoms with E-state index < -0.39 is 10.0 Å². The summed E-state index contributed by atoms with van der Waals surface area (Å²) >= 11 is 0. The zero-order chi connectivity index (χ0) is 21.8. The number of hydrogen-bond donors (Lipinski definition) is 2. The molecule has 160 valence electrons. The van der Waals surface area contributed by atoms with Gasteiger partial charge < -0.3 is 19.5 Å². The molecule has 0 spiro atoms. The molecule has 0 bridgehead atoms. The number of sulfonamides is 1. The molecule has 8 nitrogen and oxygen atoms in total. The van der Waals surface area contributed by atoms with Gasteiger partial charge in [-0.1, -0.05) is 6.07 Å². The minimum Gasteiger partial charge on any atom is -0.497 e. The average Bonchev–Trinajstić information content (AvgIpc) is 2.79. The first kappa shape index (κ1) is 20.5. The molecule has 1 amide bonds. The predicted molar refractivity (Wildman–Crippen MR) is 116 cm³/mol. The zero-order valence-corrected chi connectivity index (χ0v) is 17.4. The third-order valence-electron chi connectivity index (χ3n) is 4.55. The van der Waals surface area contributed by atoms with E-state index in [0.717, 1.165) is 0 Å². The Balaban J connectivity index is 1.44. The second-order valence-electron chi connectivity index (χ2n) is 6.67. The van der Waals surface area contributed by atoms with E-state index >= 15 is 0 Å². The van der Waals surface area contributed by atoms with Crippen molar-refractivity contribution in [3.05, 3.63) is 72.3 Å². The molecule has 0 saturated heterocycles. The van der Waals surface area contributed by atoms with Crippen LogP contribution in [-0.4, -0.2) is 34.6 Å². The third-order valence-corrected chi connectivity index (χ3v) is 5.93. The summed E-state index contributed by atoms with van der Waals surface area (Å²) in [6.07, 6.45) is 0. The normalized spacial score (nSPS) is 12.7. The molecule has 0 radical (unpaired) electrons. The van der Waals surface area contributed by atoms with Crippen molar-refractivity contribution in [1.82, 2.24) is 0 Å². The number of carbonyl (C=O) groups excluding carboxylic acids is 1. The summed E-state index contributed by atoms with van der Waals surface area (Å²) in [7, 11) is -2.33. The maximum absolute atomic E-state index is 12.6. The highest BCUT2D eigenvalue weighted by atomic mass is 32.2. The highest BCUT2D eigenvalue weighted by molar-refractivity contribution is 7.92. The fourth-order valence-corrected chi connectivity index (χ4v) is 4.09. The number of methoxy groups -OCH3 is 1. The van der Waals surface area contributed by atoms with E-state index in [1.807, 2.05) is 0 Å². The van der Waals surface area contributed by atoms with Gasteiger partial charge in [-0.05, 0) is 48.5 Å². The number of nitrogens with one attached hydrogen (secondary N) is 2. The predicted octanol–water partition coefficient (Wildman–Crippen LogP) is 3.52. The molecule has 31 heavy (non-hydrogen) atoms. The van der Waals surface area contributed by atoms with Crippen LogP contribution in [-0.2, 0) is 10.0 Å². The molecule has 2 N–H and O–H groups in total. The van der Waals surface area contributed by atoms with Crippen LogP contribution < -0.4 is 24.2 Å². The van der Waals surface area contributed by atoms with Crippen LogP contribution in [0.1, 0.15) is 10.4 Å². The van der Waals surface area contributed by atoms with Crippen molar-refractivity contribution in [3.8, 4) is 17.2 Å². The van der Waals surface area contributed by atoms with Crippen molar-refractivity contribution in [2.45, 2.75) is 4.90 Å². The minimum absolute atomic E-state index is 0.0762. The van der Waals surface area contributed by atoms with Crippen LogP contribution >= 0.6 is 0 Å². The van der Waals surface area contributed by atoms with E-state index in [4.69, 9.17) is 14.2 Å². The molecular formula is C22H20N2O6S. The molecular weight excluding hydrogens is 420 g/mol. The molecule has 1 aliphatic heterocycles. The Kier molecular flexibility index (Phi) is 5.68. The van der Waals surface area contributed by atoms with Gasteiger partial charge in [-0.25, -0.2) is 8.42 Å². The van der Waals surface area contributed by atoms with Crippen LogP contribution in [0.25, 0.3) is 0 Å². The molecule has 0 saturated carbocycles. The summed E-state index contributed by atoms with van der Waals surface area (Å²) in [4.78, 5) is 12.6. The smallest absolute Gasteiger partial charge is 0.262 e. The number of carbonyl (C=O) groups is 1. The van der Waals surface area contributed by atoms with Crippen molar-refractivity contribution < 1.29 is 27.4 Å². The van der Waals surface area contributed by atoms with Crippen LogP contribution in [0.2, 0.25) is 0 Å². The van der Waals surface area contributed by atoms with Gasteiger partial charge in [0.05, 0.1) is 12.0 Å². The van der Waals surface area contributed by atoms with Crippen LogP contribution in [0.4, 0.5) is 11.4 Å². The van der Waals surface area contributed by atoms with Crippen LogP contribution in [0.15, 0.2) is 71.6 Å². The lowest BCUT2D eigenvalue weighted by Gasteiger charge is -2.19. The fraction of sp³-hybridized carbons (Fsp3) is 0.136. The molecule has 4 rings (SSSR count). The second-order valence-corrected chi connectivity index (χ2v) is 8.36. The number of ether oxygens (including phenoxy) is 3. The summed E-state index contributed by atoms with van der Waals surface area (Å²) in [5.74, 6) is 1.32. The van der Waals surface area contributed by atoms with Gasteiger partial charge in [-0.2, -0.15) is 0 Å². The molecule has 0 aliphatic carbocycles. The Morgan fingerprint density at radius 2 is 1.61 bits per heavy atom. The quantitative estimate of drug-likeness (QED) is 0.608. The van der Waals surface area contributed by atoms with E-state index in [9.17, 15) is 13.2 Å². The SMILES string of the molecule is COc1cccc(S(=O)(=O)Nc2ccc(C(=O)Nc3ccc4c(c3)OCCO4)cc2)c1. The third kappa shape index (κ3) is 4.72. The van der Waals surface area contributed by atoms with Crippen molar-refractivity contribution in [3.63, 3.8) is 0 Å². The molecule has 3 aromatic carbocycles. The monoisotopic (exact) mass is 440 g/mol. The topological polar surface area (TPSA) is 103 Å². The van der Waals surface area contributed by atoms with Gasteiger partial charge in [-0.15, -0.1) is 0 Å². The molecule has 0 fully saturated rings. The lowest BCUT2D eigenvalue weighted by molar-refractivity contribution is 0.102. The van der Waals surface area contributed by atoms with Crippen molar-refractivity contribution in [2.24, 2.45) is 0 Å². The number of benzene rings is 3. The molecule has 0 aromatic heterocycles. The van der Waals surface area contributed by atoms with Gasteiger partial charge in [0.2, 0.25) is 0 Å². The van der Waals surface area contributed by atoms with E-state index in [1.54, 1.807) is 30.3 Å². The van der Waals surface area contributed by atoms with E-state index in [-0.39, 0.29) is 10.8 Å². The van der Waals surface area contributed by atoms with Gasteiger partial charge >= 0.3 is 0 Å². The van der Waals surface area contributed by atoms with Crippen molar-refractivity contribution in [1.29, 1.82) is 0 Å². The largest absolute Gasteiger partial charge is 0.497 e. The summed E-state index contributed by atoms with van der Waals surface area (Å²) < 4.78 is 43.7. The first-order valence-corrected chi connectivity index (χ1v) is 10.9. The lowest BCUT2D eigenvalue weighted by Crippen LogP contribution is -2.16. The molecule has 1 aliphatic rings. The Morgan fingerprint density at radius 3 is 2.35 bits per heavy atom. The van der Waals surface area contributed by atoms with Crippen molar-refractivity contribution >= 4 is 27.3 Å². The number of hydrogen-bond acceptors (Lipinski definition) is 6. The summed E-state index contributed by atoms with van der Waals surface area (Å²) in [5.41, 5.74) is 1.27. The molecule has 3 aromatic rings.